The molecule has 65 valence electrons. The number of halogens is 3. The molecule has 0 amide bonds. The predicted molar refractivity (Wildman–Crippen MR) is 37.6 cm³/mol. The number of pyridine rings is 1. The highest BCUT2D eigenvalue weighted by atomic mass is 19.4. The van der Waals surface area contributed by atoms with Crippen molar-refractivity contribution in [1.29, 1.82) is 0 Å². The zero-order valence-corrected chi connectivity index (χ0v) is 6.02. The Balaban J connectivity index is 2.44. The van der Waals surface area contributed by atoms with E-state index >= 15 is 0 Å². The number of rotatable bonds is 2. The Morgan fingerprint density at radius 3 is 2.75 bits per heavy atom. The molecule has 12 heavy (non-hydrogen) atoms. The van der Waals surface area contributed by atoms with Crippen molar-refractivity contribution < 1.29 is 13.2 Å². The minimum atomic E-state index is -4.21. The van der Waals surface area contributed by atoms with Crippen LogP contribution >= 0.6 is 0 Å². The summed E-state index contributed by atoms with van der Waals surface area (Å²) in [6.45, 7) is -1.07. The second kappa shape index (κ2) is 3.42. The van der Waals surface area contributed by atoms with E-state index in [0.717, 1.165) is 0 Å². The molecule has 1 heterocycles. The normalized spacial score (nSPS) is 11.2. The zero-order chi connectivity index (χ0) is 9.03. The van der Waals surface area contributed by atoms with Crippen LogP contribution in [0, 0.1) is 6.07 Å². The Morgan fingerprint density at radius 1 is 1.50 bits per heavy atom. The van der Waals surface area contributed by atoms with E-state index in [-0.39, 0.29) is 5.82 Å². The number of anilines is 1. The van der Waals surface area contributed by atoms with Gasteiger partial charge < -0.3 is 5.32 Å². The van der Waals surface area contributed by atoms with Gasteiger partial charge in [0.25, 0.3) is 0 Å². The molecule has 0 atom stereocenters. The minimum absolute atomic E-state index is 0.176. The third kappa shape index (κ3) is 3.23. The maximum Gasteiger partial charge on any atom is 0.405 e. The van der Waals surface area contributed by atoms with Crippen molar-refractivity contribution in [1.82, 2.24) is 4.98 Å². The number of nitrogens with one attached hydrogen (secondary N) is 1. The predicted octanol–water partition coefficient (Wildman–Crippen LogP) is 1.86. The molecule has 1 aromatic rings. The van der Waals surface area contributed by atoms with E-state index in [0.29, 0.717) is 0 Å². The molecule has 0 spiro atoms. The van der Waals surface area contributed by atoms with E-state index in [2.05, 4.69) is 16.4 Å². The number of aromatic nitrogens is 1. The van der Waals surface area contributed by atoms with Crippen LogP contribution < -0.4 is 5.32 Å². The van der Waals surface area contributed by atoms with E-state index in [1.165, 1.54) is 18.3 Å². The second-order valence-electron chi connectivity index (χ2n) is 2.11. The monoisotopic (exact) mass is 175 g/mol. The third-order valence-electron chi connectivity index (χ3n) is 1.07. The van der Waals surface area contributed by atoms with E-state index in [1.54, 1.807) is 0 Å². The summed E-state index contributed by atoms with van der Waals surface area (Å²) < 4.78 is 34.9. The molecule has 0 saturated carbocycles. The molecule has 0 aromatic carbocycles. The molecule has 2 nitrogen and oxygen atoms in total. The quantitative estimate of drug-likeness (QED) is 0.741. The lowest BCUT2D eigenvalue weighted by Gasteiger charge is -2.07. The molecule has 0 aliphatic carbocycles. The van der Waals surface area contributed by atoms with E-state index in [9.17, 15) is 13.2 Å². The lowest BCUT2D eigenvalue weighted by atomic mass is 10.4. The van der Waals surface area contributed by atoms with Gasteiger partial charge in [-0.25, -0.2) is 4.98 Å². The van der Waals surface area contributed by atoms with Gasteiger partial charge in [-0.15, -0.1) is 0 Å². The summed E-state index contributed by atoms with van der Waals surface area (Å²) in [6, 6.07) is 5.47. The van der Waals surface area contributed by atoms with Crippen LogP contribution in [-0.2, 0) is 0 Å². The maximum absolute atomic E-state index is 11.6. The van der Waals surface area contributed by atoms with Gasteiger partial charge in [-0.2, -0.15) is 13.2 Å². The minimum Gasteiger partial charge on any atom is -0.361 e. The average molecular weight is 175 g/mol. The summed E-state index contributed by atoms with van der Waals surface area (Å²) in [7, 11) is 0. The SMILES string of the molecule is FC(F)(F)CNc1c[c]ccn1. The highest BCUT2D eigenvalue weighted by Crippen LogP contribution is 2.14. The summed E-state index contributed by atoms with van der Waals surface area (Å²) in [5.41, 5.74) is 0. The Kier molecular flexibility index (Phi) is 2.52. The number of alkyl halides is 3. The average Bonchev–Trinajstić information content (AvgIpc) is 2.02. The van der Waals surface area contributed by atoms with Gasteiger partial charge in [0, 0.05) is 6.20 Å². The smallest absolute Gasteiger partial charge is 0.361 e. The Bertz CT molecular complexity index is 232. The first-order valence-corrected chi connectivity index (χ1v) is 3.21. The van der Waals surface area contributed by atoms with Gasteiger partial charge in [-0.3, -0.25) is 0 Å². The Labute approximate surface area is 67.4 Å². The molecule has 0 unspecified atom stereocenters. The van der Waals surface area contributed by atoms with Crippen LogP contribution in [0.3, 0.4) is 0 Å². The van der Waals surface area contributed by atoms with Crippen molar-refractivity contribution in [2.45, 2.75) is 6.18 Å². The molecule has 0 aliphatic heterocycles. The van der Waals surface area contributed by atoms with Gasteiger partial charge in [-0.05, 0) is 18.2 Å². The highest BCUT2D eigenvalue weighted by molar-refractivity contribution is 5.32. The fourth-order valence-electron chi connectivity index (χ4n) is 0.612. The van der Waals surface area contributed by atoms with E-state index in [4.69, 9.17) is 0 Å². The molecule has 0 fully saturated rings. The van der Waals surface area contributed by atoms with E-state index in [1.807, 2.05) is 0 Å². The first-order valence-electron chi connectivity index (χ1n) is 3.21. The van der Waals surface area contributed by atoms with Crippen molar-refractivity contribution in [3.05, 3.63) is 24.4 Å². The Morgan fingerprint density at radius 2 is 2.25 bits per heavy atom. The summed E-state index contributed by atoms with van der Waals surface area (Å²) in [5.74, 6) is 0.176. The van der Waals surface area contributed by atoms with Crippen molar-refractivity contribution >= 4 is 5.82 Å². The molecule has 1 N–H and O–H groups in total. The van der Waals surface area contributed by atoms with Crippen molar-refractivity contribution in [2.24, 2.45) is 0 Å². The second-order valence-corrected chi connectivity index (χ2v) is 2.11. The Hall–Kier alpha value is -1.26. The molecule has 1 aromatic heterocycles. The molecule has 0 saturated heterocycles. The standard InChI is InChI=1S/C7H6F3N2/c8-7(9,10)5-12-6-3-1-2-4-11-6/h2-4H,5H2,(H,11,12). The van der Waals surface area contributed by atoms with Crippen molar-refractivity contribution in [3.8, 4) is 0 Å². The largest absolute Gasteiger partial charge is 0.405 e. The van der Waals surface area contributed by atoms with Crippen LogP contribution in [0.2, 0.25) is 0 Å². The lowest BCUT2D eigenvalue weighted by Crippen LogP contribution is -2.21. The first-order chi connectivity index (χ1) is 5.58. The van der Waals surface area contributed by atoms with Gasteiger partial charge in [-0.1, -0.05) is 0 Å². The number of hydrogen-bond acceptors (Lipinski definition) is 2. The summed E-state index contributed by atoms with van der Waals surface area (Å²) in [5, 5.41) is 2.12. The molecule has 1 rings (SSSR count). The van der Waals surface area contributed by atoms with E-state index < -0.39 is 12.7 Å². The van der Waals surface area contributed by atoms with Crippen molar-refractivity contribution in [3.63, 3.8) is 0 Å². The zero-order valence-electron chi connectivity index (χ0n) is 6.02. The summed E-state index contributed by atoms with van der Waals surface area (Å²) >= 11 is 0. The van der Waals surface area contributed by atoms with Gasteiger partial charge in [0.2, 0.25) is 0 Å². The van der Waals surface area contributed by atoms with Gasteiger partial charge >= 0.3 is 6.18 Å². The molecular formula is C7H6F3N2. The van der Waals surface area contributed by atoms with Gasteiger partial charge in [0.05, 0.1) is 0 Å². The van der Waals surface area contributed by atoms with Crippen LogP contribution in [-0.4, -0.2) is 17.7 Å². The highest BCUT2D eigenvalue weighted by Gasteiger charge is 2.26. The number of nitrogens with zero attached hydrogens (tertiary/aromatic N) is 1. The van der Waals surface area contributed by atoms with Crippen molar-refractivity contribution in [2.75, 3.05) is 11.9 Å². The first kappa shape index (κ1) is 8.83. The molecule has 0 aliphatic rings. The van der Waals surface area contributed by atoms with Crippen LogP contribution in [0.5, 0.6) is 0 Å². The summed E-state index contributed by atoms with van der Waals surface area (Å²) in [4.78, 5) is 3.64. The molecule has 1 radical (unpaired) electrons. The maximum atomic E-state index is 11.6. The topological polar surface area (TPSA) is 24.9 Å². The van der Waals surface area contributed by atoms with Crippen LogP contribution in [0.25, 0.3) is 0 Å². The molecule has 5 heteroatoms. The van der Waals surface area contributed by atoms with Crippen LogP contribution in [0.4, 0.5) is 19.0 Å². The van der Waals surface area contributed by atoms with Gasteiger partial charge in [0.15, 0.2) is 0 Å². The lowest BCUT2D eigenvalue weighted by molar-refractivity contribution is -0.115. The molecular weight excluding hydrogens is 169 g/mol. The van der Waals surface area contributed by atoms with Gasteiger partial charge in [0.1, 0.15) is 12.4 Å². The fraction of sp³-hybridized carbons (Fsp3) is 0.286. The number of hydrogen-bond donors (Lipinski definition) is 1. The van der Waals surface area contributed by atoms with Crippen LogP contribution in [0.1, 0.15) is 0 Å². The third-order valence-corrected chi connectivity index (χ3v) is 1.07. The fourth-order valence-corrected chi connectivity index (χ4v) is 0.612. The molecule has 0 bridgehead atoms. The van der Waals surface area contributed by atoms with Crippen LogP contribution in [0.15, 0.2) is 18.3 Å². The summed E-state index contributed by atoms with van der Waals surface area (Å²) in [6.07, 6.45) is -2.84.